The van der Waals surface area contributed by atoms with Gasteiger partial charge in [-0.15, -0.1) is 10.2 Å². The van der Waals surface area contributed by atoms with E-state index in [1.165, 1.54) is 0 Å². The van der Waals surface area contributed by atoms with Gasteiger partial charge in [-0.1, -0.05) is 19.9 Å². The van der Waals surface area contributed by atoms with Crippen LogP contribution in [0.4, 0.5) is 17.3 Å². The molecular weight excluding hydrogens is 390 g/mol. The van der Waals surface area contributed by atoms with E-state index in [0.717, 1.165) is 35.5 Å². The number of nitrogens with zero attached hydrogens (tertiary/aromatic N) is 7. The molecule has 3 aromatic rings. The SMILES string of the molecule is CC(C)C1CN(c2ccc(N)nn2)CCN1C(=Nc1cccc2ncccc12)NC#N. The highest BCUT2D eigenvalue weighted by atomic mass is 15.4. The number of hydrogen-bond donors (Lipinski definition) is 2. The molecule has 3 heterocycles. The average molecular weight is 416 g/mol. The normalized spacial score (nSPS) is 17.1. The molecule has 3 N–H and O–H groups in total. The van der Waals surface area contributed by atoms with Crippen LogP contribution in [-0.4, -0.2) is 51.7 Å². The zero-order chi connectivity index (χ0) is 21.8. The number of nitrogens with one attached hydrogen (secondary N) is 1. The van der Waals surface area contributed by atoms with Gasteiger partial charge in [0.25, 0.3) is 0 Å². The second kappa shape index (κ2) is 8.83. The molecule has 0 aliphatic carbocycles. The number of nitriles is 1. The summed E-state index contributed by atoms with van der Waals surface area (Å²) in [5.74, 6) is 2.07. The first-order valence-corrected chi connectivity index (χ1v) is 10.2. The third-order valence-corrected chi connectivity index (χ3v) is 5.47. The molecule has 1 unspecified atom stereocenters. The highest BCUT2D eigenvalue weighted by molar-refractivity contribution is 5.94. The van der Waals surface area contributed by atoms with Gasteiger partial charge in [-0.3, -0.25) is 10.3 Å². The lowest BCUT2D eigenvalue weighted by atomic mass is 9.99. The highest BCUT2D eigenvalue weighted by Crippen LogP contribution is 2.26. The van der Waals surface area contributed by atoms with E-state index in [-0.39, 0.29) is 6.04 Å². The van der Waals surface area contributed by atoms with Crippen molar-refractivity contribution in [2.45, 2.75) is 19.9 Å². The Morgan fingerprint density at radius 3 is 2.81 bits per heavy atom. The fourth-order valence-corrected chi connectivity index (χ4v) is 3.87. The summed E-state index contributed by atoms with van der Waals surface area (Å²) in [7, 11) is 0. The minimum absolute atomic E-state index is 0.126. The van der Waals surface area contributed by atoms with Crippen molar-refractivity contribution in [1.29, 1.82) is 5.26 Å². The number of anilines is 2. The number of guanidine groups is 1. The van der Waals surface area contributed by atoms with Gasteiger partial charge in [-0.2, -0.15) is 5.26 Å². The second-order valence-electron chi connectivity index (χ2n) is 7.79. The highest BCUT2D eigenvalue weighted by Gasteiger charge is 2.32. The smallest absolute Gasteiger partial charge is 0.213 e. The molecule has 1 atom stereocenters. The molecule has 2 aromatic heterocycles. The van der Waals surface area contributed by atoms with E-state index in [2.05, 4.69) is 50.3 Å². The van der Waals surface area contributed by atoms with Gasteiger partial charge < -0.3 is 15.5 Å². The standard InChI is InChI=1S/C22H25N9/c1-15(2)19-13-30(21-9-8-20(24)28-29-21)11-12-31(19)22(26-14-23)27-18-7-3-6-17-16(18)5-4-10-25-17/h3-10,15,19H,11-13H2,1-2H3,(H2,24,28)(H,26,27). The number of rotatable bonds is 3. The molecule has 0 spiro atoms. The molecule has 0 saturated carbocycles. The van der Waals surface area contributed by atoms with Crippen LogP contribution in [0.15, 0.2) is 53.7 Å². The van der Waals surface area contributed by atoms with Crippen LogP contribution < -0.4 is 16.0 Å². The van der Waals surface area contributed by atoms with E-state index in [4.69, 9.17) is 10.7 Å². The van der Waals surface area contributed by atoms with Crippen molar-refractivity contribution < 1.29 is 0 Å². The molecule has 31 heavy (non-hydrogen) atoms. The van der Waals surface area contributed by atoms with Crippen molar-refractivity contribution in [3.63, 3.8) is 0 Å². The first-order valence-electron chi connectivity index (χ1n) is 10.2. The molecule has 0 amide bonds. The topological polar surface area (TPSA) is 119 Å². The Balaban J connectivity index is 1.66. The summed E-state index contributed by atoms with van der Waals surface area (Å²) < 4.78 is 0. The largest absolute Gasteiger partial charge is 0.382 e. The predicted octanol–water partition coefficient (Wildman–Crippen LogP) is 2.51. The van der Waals surface area contributed by atoms with Gasteiger partial charge >= 0.3 is 0 Å². The minimum Gasteiger partial charge on any atom is -0.382 e. The number of nitrogens with two attached hydrogens (primary N) is 1. The van der Waals surface area contributed by atoms with Crippen molar-refractivity contribution in [1.82, 2.24) is 25.4 Å². The molecule has 1 aliphatic heterocycles. The molecule has 4 rings (SSSR count). The van der Waals surface area contributed by atoms with Crippen LogP contribution in [0, 0.1) is 17.4 Å². The number of benzene rings is 1. The van der Waals surface area contributed by atoms with Gasteiger partial charge in [0.15, 0.2) is 12.0 Å². The Labute approximate surface area is 181 Å². The lowest BCUT2D eigenvalue weighted by molar-refractivity contribution is 0.220. The van der Waals surface area contributed by atoms with Crippen molar-refractivity contribution in [2.75, 3.05) is 30.3 Å². The molecule has 0 radical (unpaired) electrons. The lowest BCUT2D eigenvalue weighted by Gasteiger charge is -2.44. The summed E-state index contributed by atoms with van der Waals surface area (Å²) in [5, 5.41) is 21.4. The van der Waals surface area contributed by atoms with Crippen LogP contribution in [0.2, 0.25) is 0 Å². The van der Waals surface area contributed by atoms with Crippen LogP contribution in [0.25, 0.3) is 10.9 Å². The lowest BCUT2D eigenvalue weighted by Crippen LogP contribution is -2.59. The molecule has 9 nitrogen and oxygen atoms in total. The Bertz CT molecular complexity index is 1110. The first kappa shape index (κ1) is 20.3. The average Bonchev–Trinajstić information content (AvgIpc) is 2.79. The van der Waals surface area contributed by atoms with E-state index >= 15 is 0 Å². The van der Waals surface area contributed by atoms with Gasteiger partial charge in [0.05, 0.1) is 17.2 Å². The van der Waals surface area contributed by atoms with Crippen molar-refractivity contribution in [2.24, 2.45) is 10.9 Å². The van der Waals surface area contributed by atoms with Crippen molar-refractivity contribution in [3.05, 3.63) is 48.7 Å². The summed E-state index contributed by atoms with van der Waals surface area (Å²) in [5.41, 5.74) is 7.32. The number of piperazine rings is 1. The summed E-state index contributed by atoms with van der Waals surface area (Å²) in [6, 6.07) is 13.5. The summed E-state index contributed by atoms with van der Waals surface area (Å²) in [4.78, 5) is 13.6. The minimum atomic E-state index is 0.126. The summed E-state index contributed by atoms with van der Waals surface area (Å²) in [6.07, 6.45) is 3.82. The van der Waals surface area contributed by atoms with E-state index in [9.17, 15) is 5.26 Å². The second-order valence-corrected chi connectivity index (χ2v) is 7.79. The van der Waals surface area contributed by atoms with Crippen LogP contribution in [0.1, 0.15) is 13.8 Å². The molecular formula is C22H25N9. The van der Waals surface area contributed by atoms with E-state index < -0.39 is 0 Å². The van der Waals surface area contributed by atoms with Crippen LogP contribution in [-0.2, 0) is 0 Å². The molecule has 1 aromatic carbocycles. The van der Waals surface area contributed by atoms with E-state index in [1.54, 1.807) is 12.3 Å². The quantitative estimate of drug-likeness (QED) is 0.290. The van der Waals surface area contributed by atoms with E-state index in [0.29, 0.717) is 24.2 Å². The Morgan fingerprint density at radius 2 is 2.06 bits per heavy atom. The maximum absolute atomic E-state index is 9.42. The predicted molar refractivity (Wildman–Crippen MR) is 122 cm³/mol. The molecule has 1 aliphatic rings. The first-order chi connectivity index (χ1) is 15.1. The molecule has 9 heteroatoms. The summed E-state index contributed by atoms with van der Waals surface area (Å²) in [6.45, 7) is 6.49. The third kappa shape index (κ3) is 4.33. The maximum Gasteiger partial charge on any atom is 0.213 e. The Kier molecular flexibility index (Phi) is 5.80. The third-order valence-electron chi connectivity index (χ3n) is 5.47. The van der Waals surface area contributed by atoms with Crippen LogP contribution in [0.3, 0.4) is 0 Å². The Hall–Kier alpha value is -3.93. The number of fused-ring (bicyclic) bond motifs is 1. The van der Waals surface area contributed by atoms with Crippen molar-refractivity contribution in [3.8, 4) is 6.19 Å². The van der Waals surface area contributed by atoms with Gasteiger partial charge in [-0.05, 0) is 42.3 Å². The molecule has 1 saturated heterocycles. The Morgan fingerprint density at radius 1 is 1.19 bits per heavy atom. The van der Waals surface area contributed by atoms with Gasteiger partial charge in [0, 0.05) is 31.2 Å². The number of hydrogen-bond acceptors (Lipinski definition) is 7. The fraction of sp³-hybridized carbons (Fsp3) is 0.318. The van der Waals surface area contributed by atoms with Gasteiger partial charge in [0.2, 0.25) is 5.96 Å². The number of aliphatic imine (C=N–C) groups is 1. The zero-order valence-electron chi connectivity index (χ0n) is 17.6. The van der Waals surface area contributed by atoms with Gasteiger partial charge in [0.1, 0.15) is 5.82 Å². The zero-order valence-corrected chi connectivity index (χ0v) is 17.6. The van der Waals surface area contributed by atoms with Crippen LogP contribution in [0.5, 0.6) is 0 Å². The maximum atomic E-state index is 9.42. The monoisotopic (exact) mass is 415 g/mol. The van der Waals surface area contributed by atoms with Crippen LogP contribution >= 0.6 is 0 Å². The molecule has 158 valence electrons. The van der Waals surface area contributed by atoms with Crippen molar-refractivity contribution >= 4 is 34.2 Å². The van der Waals surface area contributed by atoms with Gasteiger partial charge in [-0.25, -0.2) is 4.99 Å². The molecule has 1 fully saturated rings. The number of pyridine rings is 1. The number of aromatic nitrogens is 3. The van der Waals surface area contributed by atoms with E-state index in [1.807, 2.05) is 36.4 Å². The molecule has 0 bridgehead atoms. The summed E-state index contributed by atoms with van der Waals surface area (Å²) >= 11 is 0. The fourth-order valence-electron chi connectivity index (χ4n) is 3.87. The number of nitrogen functional groups attached to an aromatic ring is 1.